The van der Waals surface area contributed by atoms with Gasteiger partial charge in [-0.25, -0.2) is 0 Å². The van der Waals surface area contributed by atoms with Crippen molar-refractivity contribution in [3.8, 4) is 5.75 Å². The van der Waals surface area contributed by atoms with Crippen LogP contribution in [0.15, 0.2) is 42.6 Å². The van der Waals surface area contributed by atoms with Gasteiger partial charge in [0, 0.05) is 18.3 Å². The minimum absolute atomic E-state index is 0.114. The second-order valence-electron chi connectivity index (χ2n) is 5.90. The lowest BCUT2D eigenvalue weighted by atomic mass is 9.94. The molecule has 3 N–H and O–H groups in total. The number of rotatable bonds is 3. The molecule has 2 aromatic rings. The van der Waals surface area contributed by atoms with Crippen LogP contribution < -0.4 is 5.73 Å². The number of primary amides is 1. The zero-order valence-electron chi connectivity index (χ0n) is 13.2. The Morgan fingerprint density at radius 3 is 2.79 bits per heavy atom. The highest BCUT2D eigenvalue weighted by atomic mass is 16.3. The number of likely N-dealkylation sites (tertiary alicyclic amines) is 1. The highest BCUT2D eigenvalue weighted by Crippen LogP contribution is 2.33. The fraction of sp³-hybridized carbons (Fsp3) is 0.278. The van der Waals surface area contributed by atoms with Gasteiger partial charge >= 0.3 is 0 Å². The molecular formula is C18H19N3O3. The van der Waals surface area contributed by atoms with E-state index in [0.29, 0.717) is 6.54 Å². The summed E-state index contributed by atoms with van der Waals surface area (Å²) in [5, 5.41) is 9.72. The normalized spacial score (nSPS) is 17.5. The predicted octanol–water partition coefficient (Wildman–Crippen LogP) is 2.25. The van der Waals surface area contributed by atoms with Crippen LogP contribution in [0.1, 0.15) is 51.7 Å². The molecule has 24 heavy (non-hydrogen) atoms. The molecule has 1 aliphatic heterocycles. The number of carbonyl (C=O) groups is 2. The average Bonchev–Trinajstić information content (AvgIpc) is 2.61. The minimum Gasteiger partial charge on any atom is -0.508 e. The first-order chi connectivity index (χ1) is 11.6. The third-order valence-electron chi connectivity index (χ3n) is 4.28. The van der Waals surface area contributed by atoms with Crippen molar-refractivity contribution >= 4 is 11.8 Å². The third kappa shape index (κ3) is 3.22. The Balaban J connectivity index is 1.91. The van der Waals surface area contributed by atoms with Crippen LogP contribution in [-0.2, 0) is 0 Å². The van der Waals surface area contributed by atoms with Gasteiger partial charge in [0.05, 0.1) is 6.04 Å². The fourth-order valence-electron chi connectivity index (χ4n) is 3.10. The molecule has 1 unspecified atom stereocenters. The molecule has 0 spiro atoms. The molecule has 0 saturated carbocycles. The first kappa shape index (κ1) is 16.0. The van der Waals surface area contributed by atoms with Crippen molar-refractivity contribution < 1.29 is 14.7 Å². The number of phenolic OH excluding ortho intramolecular Hbond substituents is 1. The van der Waals surface area contributed by atoms with E-state index in [9.17, 15) is 14.7 Å². The van der Waals surface area contributed by atoms with E-state index in [2.05, 4.69) is 4.98 Å². The van der Waals surface area contributed by atoms with Crippen molar-refractivity contribution in [2.24, 2.45) is 5.73 Å². The van der Waals surface area contributed by atoms with Gasteiger partial charge in [-0.15, -0.1) is 0 Å². The number of nitrogens with zero attached hydrogens (tertiary/aromatic N) is 2. The molecule has 1 aromatic heterocycles. The maximum atomic E-state index is 12.9. The molecular weight excluding hydrogens is 306 g/mol. The Morgan fingerprint density at radius 1 is 1.21 bits per heavy atom. The number of nitrogens with two attached hydrogens (primary N) is 1. The number of benzene rings is 1. The van der Waals surface area contributed by atoms with Gasteiger partial charge in [-0.05, 0) is 49.1 Å². The molecule has 0 radical (unpaired) electrons. The predicted molar refractivity (Wildman–Crippen MR) is 88.5 cm³/mol. The molecule has 0 bridgehead atoms. The molecule has 2 heterocycles. The van der Waals surface area contributed by atoms with E-state index in [1.807, 2.05) is 6.07 Å². The van der Waals surface area contributed by atoms with E-state index in [-0.39, 0.29) is 29.0 Å². The van der Waals surface area contributed by atoms with E-state index >= 15 is 0 Å². The van der Waals surface area contributed by atoms with Gasteiger partial charge in [-0.2, -0.15) is 0 Å². The molecule has 1 aromatic carbocycles. The van der Waals surface area contributed by atoms with E-state index in [1.54, 1.807) is 23.1 Å². The molecule has 124 valence electrons. The highest BCUT2D eigenvalue weighted by molar-refractivity contribution is 5.97. The Labute approximate surface area is 139 Å². The number of aromatic nitrogens is 1. The van der Waals surface area contributed by atoms with Crippen LogP contribution in [0.25, 0.3) is 0 Å². The zero-order valence-corrected chi connectivity index (χ0v) is 13.2. The standard InChI is InChI=1S/C18H19N3O3/c19-17(23)13-7-8-20-15(11-13)18(24)21-9-2-1-6-16(21)12-4-3-5-14(22)10-12/h3-5,7-8,10-11,16,22H,1-2,6,9H2,(H2,19,23). The van der Waals surface area contributed by atoms with Gasteiger partial charge in [-0.3, -0.25) is 14.6 Å². The lowest BCUT2D eigenvalue weighted by molar-refractivity contribution is 0.0605. The van der Waals surface area contributed by atoms with Crippen LogP contribution in [0, 0.1) is 0 Å². The molecule has 1 aliphatic rings. The molecule has 1 fully saturated rings. The van der Waals surface area contributed by atoms with Gasteiger partial charge in [0.25, 0.3) is 5.91 Å². The van der Waals surface area contributed by atoms with Crippen LogP contribution >= 0.6 is 0 Å². The molecule has 0 aliphatic carbocycles. The zero-order chi connectivity index (χ0) is 17.1. The largest absolute Gasteiger partial charge is 0.508 e. The summed E-state index contributed by atoms with van der Waals surface area (Å²) in [6.45, 7) is 0.613. The molecule has 3 rings (SSSR count). The minimum atomic E-state index is -0.588. The molecule has 1 atom stereocenters. The quantitative estimate of drug-likeness (QED) is 0.904. The summed E-state index contributed by atoms with van der Waals surface area (Å²) in [6.07, 6.45) is 4.17. The lowest BCUT2D eigenvalue weighted by Crippen LogP contribution is -2.39. The van der Waals surface area contributed by atoms with Crippen molar-refractivity contribution in [1.29, 1.82) is 0 Å². The van der Waals surface area contributed by atoms with Gasteiger partial charge in [0.15, 0.2) is 0 Å². The van der Waals surface area contributed by atoms with Crippen LogP contribution in [-0.4, -0.2) is 33.3 Å². The maximum absolute atomic E-state index is 12.9. The highest BCUT2D eigenvalue weighted by Gasteiger charge is 2.29. The monoisotopic (exact) mass is 325 g/mol. The van der Waals surface area contributed by atoms with Crippen molar-refractivity contribution in [3.63, 3.8) is 0 Å². The summed E-state index contributed by atoms with van der Waals surface area (Å²) in [5.41, 5.74) is 6.64. The first-order valence-electron chi connectivity index (χ1n) is 7.92. The van der Waals surface area contributed by atoms with Crippen LogP contribution in [0.3, 0.4) is 0 Å². The molecule has 6 heteroatoms. The summed E-state index contributed by atoms with van der Waals surface area (Å²) >= 11 is 0. The van der Waals surface area contributed by atoms with Crippen LogP contribution in [0.5, 0.6) is 5.75 Å². The second-order valence-corrected chi connectivity index (χ2v) is 5.90. The number of amides is 2. The summed E-state index contributed by atoms with van der Waals surface area (Å²) in [4.78, 5) is 30.1. The number of piperidine rings is 1. The number of pyridine rings is 1. The van der Waals surface area contributed by atoms with E-state index in [0.717, 1.165) is 24.8 Å². The SMILES string of the molecule is NC(=O)c1ccnc(C(=O)N2CCCCC2c2cccc(O)c2)c1. The summed E-state index contributed by atoms with van der Waals surface area (Å²) in [5.74, 6) is -0.639. The van der Waals surface area contributed by atoms with Crippen molar-refractivity contribution in [2.45, 2.75) is 25.3 Å². The number of hydrogen-bond acceptors (Lipinski definition) is 4. The second kappa shape index (κ2) is 6.70. The Kier molecular flexibility index (Phi) is 4.46. The topological polar surface area (TPSA) is 96.5 Å². The summed E-state index contributed by atoms with van der Waals surface area (Å²) in [6, 6.07) is 9.77. The van der Waals surface area contributed by atoms with Crippen LogP contribution in [0.4, 0.5) is 0 Å². The smallest absolute Gasteiger partial charge is 0.272 e. The Bertz CT molecular complexity index is 776. The maximum Gasteiger partial charge on any atom is 0.272 e. The molecule has 1 saturated heterocycles. The Hall–Kier alpha value is -2.89. The van der Waals surface area contributed by atoms with E-state index in [1.165, 1.54) is 18.3 Å². The number of hydrogen-bond donors (Lipinski definition) is 2. The average molecular weight is 325 g/mol. The molecule has 2 amide bonds. The van der Waals surface area contributed by atoms with Gasteiger partial charge in [0.2, 0.25) is 5.91 Å². The lowest BCUT2D eigenvalue weighted by Gasteiger charge is -2.36. The first-order valence-corrected chi connectivity index (χ1v) is 7.92. The van der Waals surface area contributed by atoms with Crippen LogP contribution in [0.2, 0.25) is 0 Å². The molecule has 6 nitrogen and oxygen atoms in total. The Morgan fingerprint density at radius 2 is 2.04 bits per heavy atom. The van der Waals surface area contributed by atoms with E-state index < -0.39 is 5.91 Å². The van der Waals surface area contributed by atoms with Gasteiger partial charge in [-0.1, -0.05) is 12.1 Å². The van der Waals surface area contributed by atoms with E-state index in [4.69, 9.17) is 5.73 Å². The summed E-state index contributed by atoms with van der Waals surface area (Å²) in [7, 11) is 0. The van der Waals surface area contributed by atoms with Crippen molar-refractivity contribution in [3.05, 3.63) is 59.4 Å². The van der Waals surface area contributed by atoms with Crippen molar-refractivity contribution in [2.75, 3.05) is 6.54 Å². The van der Waals surface area contributed by atoms with Crippen molar-refractivity contribution in [1.82, 2.24) is 9.88 Å². The summed E-state index contributed by atoms with van der Waals surface area (Å²) < 4.78 is 0. The number of phenols is 1. The number of carbonyl (C=O) groups excluding carboxylic acids is 2. The van der Waals surface area contributed by atoms with Gasteiger partial charge < -0.3 is 15.7 Å². The fourth-order valence-corrected chi connectivity index (χ4v) is 3.10. The number of aromatic hydroxyl groups is 1. The van der Waals surface area contributed by atoms with Gasteiger partial charge in [0.1, 0.15) is 11.4 Å². The third-order valence-corrected chi connectivity index (χ3v) is 4.28.